The number of hydrogen-bond donors (Lipinski definition) is 1. The quantitative estimate of drug-likeness (QED) is 0.889. The summed E-state index contributed by atoms with van der Waals surface area (Å²) in [5.41, 5.74) is 1.86. The van der Waals surface area contributed by atoms with Crippen LogP contribution in [0.3, 0.4) is 0 Å². The number of aryl methyl sites for hydroxylation is 1. The summed E-state index contributed by atoms with van der Waals surface area (Å²) in [5, 5.41) is 7.02. The van der Waals surface area contributed by atoms with Gasteiger partial charge in [0.2, 0.25) is 0 Å². The van der Waals surface area contributed by atoms with Crippen molar-refractivity contribution in [1.29, 1.82) is 0 Å². The first kappa shape index (κ1) is 11.6. The van der Waals surface area contributed by atoms with E-state index < -0.39 is 0 Å². The number of rotatable bonds is 3. The smallest absolute Gasteiger partial charge is 0.0926 e. The van der Waals surface area contributed by atoms with Gasteiger partial charge in [0, 0.05) is 25.0 Å². The molecule has 2 fully saturated rings. The third-order valence-corrected chi connectivity index (χ3v) is 5.18. The largest absolute Gasteiger partial charge is 0.316 e. The van der Waals surface area contributed by atoms with Crippen molar-refractivity contribution in [1.82, 2.24) is 15.2 Å². The van der Waals surface area contributed by atoms with Crippen LogP contribution in [0.5, 0.6) is 0 Å². The molecule has 1 spiro atoms. The molecule has 17 heavy (non-hydrogen) atoms. The minimum absolute atomic E-state index is 0.587. The minimum atomic E-state index is 0.587. The highest BCUT2D eigenvalue weighted by Crippen LogP contribution is 2.36. The third-order valence-electron chi connectivity index (χ3n) is 4.14. The molecular formula is C13H21N3S. The molecule has 2 saturated heterocycles. The SMILES string of the molecule is CCc1nc(CN2CCC3(CCNC3)C2)cs1. The maximum absolute atomic E-state index is 4.67. The monoisotopic (exact) mass is 251 g/mol. The van der Waals surface area contributed by atoms with Gasteiger partial charge in [-0.15, -0.1) is 11.3 Å². The van der Waals surface area contributed by atoms with Crippen LogP contribution < -0.4 is 5.32 Å². The Bertz CT molecular complexity index is 382. The van der Waals surface area contributed by atoms with Crippen molar-refractivity contribution in [3.8, 4) is 0 Å². The van der Waals surface area contributed by atoms with Crippen LogP contribution in [-0.2, 0) is 13.0 Å². The Kier molecular flexibility index (Phi) is 3.19. The van der Waals surface area contributed by atoms with Crippen LogP contribution in [0.25, 0.3) is 0 Å². The normalized spacial score (nSPS) is 29.5. The lowest BCUT2D eigenvalue weighted by Crippen LogP contribution is -2.29. The molecule has 1 atom stereocenters. The van der Waals surface area contributed by atoms with E-state index in [1.807, 2.05) is 0 Å². The van der Waals surface area contributed by atoms with Crippen molar-refractivity contribution in [3.05, 3.63) is 16.1 Å². The van der Waals surface area contributed by atoms with Crippen molar-refractivity contribution in [2.45, 2.75) is 32.7 Å². The summed E-state index contributed by atoms with van der Waals surface area (Å²) in [6.45, 7) is 8.18. The third kappa shape index (κ3) is 2.39. The molecule has 3 nitrogen and oxygen atoms in total. The Morgan fingerprint density at radius 1 is 1.53 bits per heavy atom. The molecule has 0 radical (unpaired) electrons. The summed E-state index contributed by atoms with van der Waals surface area (Å²) in [6, 6.07) is 0. The van der Waals surface area contributed by atoms with Gasteiger partial charge in [0.15, 0.2) is 0 Å². The molecule has 1 unspecified atom stereocenters. The van der Waals surface area contributed by atoms with Gasteiger partial charge in [-0.25, -0.2) is 4.98 Å². The second-order valence-corrected chi connectivity index (χ2v) is 6.42. The van der Waals surface area contributed by atoms with Crippen LogP contribution in [0.2, 0.25) is 0 Å². The second-order valence-electron chi connectivity index (χ2n) is 5.47. The molecule has 3 rings (SSSR count). The fraction of sp³-hybridized carbons (Fsp3) is 0.769. The Labute approximate surface area is 107 Å². The second kappa shape index (κ2) is 4.67. The topological polar surface area (TPSA) is 28.2 Å². The molecule has 2 aliphatic rings. The number of aromatic nitrogens is 1. The molecule has 3 heterocycles. The van der Waals surface area contributed by atoms with E-state index in [1.165, 1.54) is 49.7 Å². The number of hydrogen-bond acceptors (Lipinski definition) is 4. The molecule has 1 aromatic heterocycles. The Hall–Kier alpha value is -0.450. The molecule has 0 bridgehead atoms. The first-order valence-corrected chi connectivity index (χ1v) is 7.54. The molecular weight excluding hydrogens is 230 g/mol. The Morgan fingerprint density at radius 2 is 2.47 bits per heavy atom. The van der Waals surface area contributed by atoms with Crippen LogP contribution in [0, 0.1) is 5.41 Å². The van der Waals surface area contributed by atoms with E-state index in [4.69, 9.17) is 0 Å². The van der Waals surface area contributed by atoms with Gasteiger partial charge < -0.3 is 5.32 Å². The van der Waals surface area contributed by atoms with E-state index in [9.17, 15) is 0 Å². The zero-order chi connectivity index (χ0) is 11.7. The lowest BCUT2D eigenvalue weighted by Gasteiger charge is -2.22. The van der Waals surface area contributed by atoms with Gasteiger partial charge >= 0.3 is 0 Å². The van der Waals surface area contributed by atoms with Crippen molar-refractivity contribution < 1.29 is 0 Å². The molecule has 1 aromatic rings. The molecule has 0 amide bonds. The van der Waals surface area contributed by atoms with Crippen LogP contribution in [0.4, 0.5) is 0 Å². The lowest BCUT2D eigenvalue weighted by atomic mass is 9.87. The van der Waals surface area contributed by atoms with Gasteiger partial charge in [0.05, 0.1) is 10.7 Å². The molecule has 0 aliphatic carbocycles. The molecule has 1 N–H and O–H groups in total. The molecule has 0 aromatic carbocycles. The standard InChI is InChI=1S/C13H21N3S/c1-2-12-15-11(8-17-12)7-16-6-4-13(10-16)3-5-14-9-13/h8,14H,2-7,9-10H2,1H3. The predicted molar refractivity (Wildman–Crippen MR) is 71.3 cm³/mol. The zero-order valence-corrected chi connectivity index (χ0v) is 11.4. The zero-order valence-electron chi connectivity index (χ0n) is 10.5. The van der Waals surface area contributed by atoms with Gasteiger partial charge in [-0.2, -0.15) is 0 Å². The molecule has 4 heteroatoms. The molecule has 94 valence electrons. The van der Waals surface area contributed by atoms with Gasteiger partial charge in [0.1, 0.15) is 0 Å². The first-order chi connectivity index (χ1) is 8.30. The highest BCUT2D eigenvalue weighted by atomic mass is 32.1. The molecule has 0 saturated carbocycles. The fourth-order valence-corrected chi connectivity index (χ4v) is 3.86. The van der Waals surface area contributed by atoms with Gasteiger partial charge in [-0.05, 0) is 37.8 Å². The van der Waals surface area contributed by atoms with E-state index in [1.54, 1.807) is 11.3 Å². The predicted octanol–water partition coefficient (Wildman–Crippen LogP) is 1.89. The van der Waals surface area contributed by atoms with Crippen LogP contribution in [0.15, 0.2) is 5.38 Å². The van der Waals surface area contributed by atoms with E-state index in [-0.39, 0.29) is 0 Å². The number of thiazole rings is 1. The molecule has 2 aliphatic heterocycles. The average Bonchev–Trinajstić information content (AvgIpc) is 3.03. The minimum Gasteiger partial charge on any atom is -0.316 e. The van der Waals surface area contributed by atoms with Crippen molar-refractivity contribution in [2.75, 3.05) is 26.2 Å². The van der Waals surface area contributed by atoms with Gasteiger partial charge in [0.25, 0.3) is 0 Å². The van der Waals surface area contributed by atoms with E-state index in [0.29, 0.717) is 5.41 Å². The summed E-state index contributed by atoms with van der Waals surface area (Å²) in [4.78, 5) is 7.25. The highest BCUT2D eigenvalue weighted by Gasteiger charge is 2.40. The van der Waals surface area contributed by atoms with Crippen molar-refractivity contribution in [3.63, 3.8) is 0 Å². The summed E-state index contributed by atoms with van der Waals surface area (Å²) in [6.07, 6.45) is 3.80. The maximum atomic E-state index is 4.67. The van der Waals surface area contributed by atoms with Gasteiger partial charge in [-0.3, -0.25) is 4.90 Å². The van der Waals surface area contributed by atoms with Crippen molar-refractivity contribution >= 4 is 11.3 Å². The highest BCUT2D eigenvalue weighted by molar-refractivity contribution is 7.09. The van der Waals surface area contributed by atoms with Gasteiger partial charge in [-0.1, -0.05) is 6.92 Å². The maximum Gasteiger partial charge on any atom is 0.0926 e. The Morgan fingerprint density at radius 3 is 3.18 bits per heavy atom. The number of likely N-dealkylation sites (tertiary alicyclic amines) is 1. The van der Waals surface area contributed by atoms with E-state index in [0.717, 1.165) is 13.0 Å². The lowest BCUT2D eigenvalue weighted by molar-refractivity contribution is 0.267. The summed E-state index contributed by atoms with van der Waals surface area (Å²) >= 11 is 1.81. The van der Waals surface area contributed by atoms with Crippen molar-refractivity contribution in [2.24, 2.45) is 5.41 Å². The number of nitrogens with one attached hydrogen (secondary N) is 1. The summed E-state index contributed by atoms with van der Waals surface area (Å²) in [5.74, 6) is 0. The first-order valence-electron chi connectivity index (χ1n) is 6.66. The number of nitrogens with zero attached hydrogens (tertiary/aromatic N) is 2. The summed E-state index contributed by atoms with van der Waals surface area (Å²) in [7, 11) is 0. The van der Waals surface area contributed by atoms with Crippen LogP contribution >= 0.6 is 11.3 Å². The Balaban J connectivity index is 1.59. The van der Waals surface area contributed by atoms with Crippen LogP contribution in [0.1, 0.15) is 30.5 Å². The van der Waals surface area contributed by atoms with E-state index >= 15 is 0 Å². The van der Waals surface area contributed by atoms with E-state index in [2.05, 4.69) is 27.5 Å². The average molecular weight is 251 g/mol. The van der Waals surface area contributed by atoms with Crippen LogP contribution in [-0.4, -0.2) is 36.1 Å². The summed E-state index contributed by atoms with van der Waals surface area (Å²) < 4.78 is 0. The fourth-order valence-electron chi connectivity index (χ4n) is 3.12.